The van der Waals surface area contributed by atoms with Crippen LogP contribution in [0.1, 0.15) is 42.2 Å². The van der Waals surface area contributed by atoms with Gasteiger partial charge in [-0.15, -0.1) is 0 Å². The third-order valence-electron chi connectivity index (χ3n) is 5.70. The number of morpholine rings is 1. The van der Waals surface area contributed by atoms with E-state index in [0.717, 1.165) is 5.56 Å². The van der Waals surface area contributed by atoms with Gasteiger partial charge in [-0.05, 0) is 56.3 Å². The van der Waals surface area contributed by atoms with E-state index in [9.17, 15) is 13.2 Å². The molecule has 2 heterocycles. The van der Waals surface area contributed by atoms with Crippen molar-refractivity contribution in [3.63, 3.8) is 0 Å². The van der Waals surface area contributed by atoms with E-state index >= 15 is 0 Å². The van der Waals surface area contributed by atoms with Crippen LogP contribution in [0.15, 0.2) is 47.4 Å². The molecule has 2 aliphatic heterocycles. The molecule has 0 bridgehead atoms. The van der Waals surface area contributed by atoms with Crippen molar-refractivity contribution >= 4 is 15.9 Å². The number of fused-ring (bicyclic) bond motifs is 1. The van der Waals surface area contributed by atoms with Crippen LogP contribution >= 0.6 is 0 Å². The van der Waals surface area contributed by atoms with E-state index in [1.807, 2.05) is 32.0 Å². The Labute approximate surface area is 188 Å². The molecular weight excluding hydrogens is 432 g/mol. The minimum Gasteiger partial charge on any atom is -0.497 e. The lowest BCUT2D eigenvalue weighted by Gasteiger charge is -2.38. The van der Waals surface area contributed by atoms with Crippen molar-refractivity contribution in [3.05, 3.63) is 53.6 Å². The van der Waals surface area contributed by atoms with Gasteiger partial charge >= 0.3 is 0 Å². The predicted octanol–water partition coefficient (Wildman–Crippen LogP) is 2.75. The number of rotatable bonds is 5. The average molecular weight is 461 g/mol. The normalized spacial score (nSPS) is 20.7. The van der Waals surface area contributed by atoms with Gasteiger partial charge in [-0.1, -0.05) is 0 Å². The van der Waals surface area contributed by atoms with Crippen LogP contribution in [-0.2, 0) is 14.8 Å². The Morgan fingerprint density at radius 2 is 1.81 bits per heavy atom. The second-order valence-electron chi connectivity index (χ2n) is 8.54. The van der Waals surface area contributed by atoms with Gasteiger partial charge in [0.2, 0.25) is 10.0 Å². The van der Waals surface area contributed by atoms with Gasteiger partial charge in [0.25, 0.3) is 5.91 Å². The third kappa shape index (κ3) is 4.60. The van der Waals surface area contributed by atoms with E-state index in [4.69, 9.17) is 14.2 Å². The summed E-state index contributed by atoms with van der Waals surface area (Å²) in [4.78, 5) is 13.2. The van der Waals surface area contributed by atoms with E-state index in [2.05, 4.69) is 5.32 Å². The number of methoxy groups -OCH3 is 1. The van der Waals surface area contributed by atoms with Crippen LogP contribution in [0, 0.1) is 0 Å². The largest absolute Gasteiger partial charge is 0.497 e. The summed E-state index contributed by atoms with van der Waals surface area (Å²) in [5.41, 5.74) is 0.790. The summed E-state index contributed by atoms with van der Waals surface area (Å²) in [5.74, 6) is 1.11. The fourth-order valence-electron chi connectivity index (χ4n) is 4.04. The van der Waals surface area contributed by atoms with Crippen LogP contribution in [0.25, 0.3) is 0 Å². The molecule has 2 aromatic carbocycles. The fourth-order valence-corrected chi connectivity index (χ4v) is 5.45. The van der Waals surface area contributed by atoms with Gasteiger partial charge in [-0.25, -0.2) is 8.42 Å². The predicted molar refractivity (Wildman–Crippen MR) is 119 cm³/mol. The zero-order valence-electron chi connectivity index (χ0n) is 18.5. The van der Waals surface area contributed by atoms with Gasteiger partial charge in [0.15, 0.2) is 0 Å². The lowest BCUT2D eigenvalue weighted by atomic mass is 9.89. The first kappa shape index (κ1) is 22.6. The Balaban J connectivity index is 1.53. The first-order valence-corrected chi connectivity index (χ1v) is 12.0. The molecule has 4 rings (SSSR count). The first-order chi connectivity index (χ1) is 15.2. The molecule has 172 valence electrons. The molecule has 8 nitrogen and oxygen atoms in total. The van der Waals surface area contributed by atoms with Crippen molar-refractivity contribution in [2.75, 3.05) is 33.4 Å². The molecule has 0 aliphatic carbocycles. The highest BCUT2D eigenvalue weighted by atomic mass is 32.2. The van der Waals surface area contributed by atoms with Crippen molar-refractivity contribution in [2.24, 2.45) is 0 Å². The summed E-state index contributed by atoms with van der Waals surface area (Å²) in [5, 5.41) is 3.07. The summed E-state index contributed by atoms with van der Waals surface area (Å²) < 4.78 is 43.6. The number of ether oxygens (including phenoxy) is 3. The number of nitrogens with zero attached hydrogens (tertiary/aromatic N) is 1. The van der Waals surface area contributed by atoms with Gasteiger partial charge < -0.3 is 19.5 Å². The molecule has 0 radical (unpaired) electrons. The molecular formula is C23H28N2O6S. The van der Waals surface area contributed by atoms with Crippen molar-refractivity contribution in [3.8, 4) is 11.5 Å². The molecule has 0 unspecified atom stereocenters. The second-order valence-corrected chi connectivity index (χ2v) is 10.5. The highest BCUT2D eigenvalue weighted by Gasteiger charge is 2.35. The Hall–Kier alpha value is -2.62. The molecule has 1 amide bonds. The topological polar surface area (TPSA) is 94.2 Å². The zero-order chi connectivity index (χ0) is 22.9. The summed E-state index contributed by atoms with van der Waals surface area (Å²) >= 11 is 0. The van der Waals surface area contributed by atoms with Crippen LogP contribution in [0.4, 0.5) is 0 Å². The molecule has 0 aromatic heterocycles. The summed E-state index contributed by atoms with van der Waals surface area (Å²) in [7, 11) is -2.01. The summed E-state index contributed by atoms with van der Waals surface area (Å²) in [6.45, 7) is 5.37. The van der Waals surface area contributed by atoms with Crippen LogP contribution in [-0.4, -0.2) is 57.6 Å². The summed E-state index contributed by atoms with van der Waals surface area (Å²) in [6.07, 6.45) is 0.586. The van der Waals surface area contributed by atoms with Gasteiger partial charge in [0, 0.05) is 30.6 Å². The van der Waals surface area contributed by atoms with Gasteiger partial charge in [-0.2, -0.15) is 4.31 Å². The van der Waals surface area contributed by atoms with Gasteiger partial charge in [0.05, 0.1) is 31.3 Å². The smallest absolute Gasteiger partial charge is 0.251 e. The maximum atomic E-state index is 13.0. The lowest BCUT2D eigenvalue weighted by molar-refractivity contribution is 0.0618. The van der Waals surface area contributed by atoms with Crippen LogP contribution in [0.5, 0.6) is 11.5 Å². The van der Waals surface area contributed by atoms with Gasteiger partial charge in [-0.3, -0.25) is 4.79 Å². The number of sulfonamides is 1. The molecule has 1 saturated heterocycles. The Kier molecular flexibility index (Phi) is 6.15. The molecule has 0 spiro atoms. The summed E-state index contributed by atoms with van der Waals surface area (Å²) in [6, 6.07) is 11.3. The number of nitrogens with one attached hydrogen (secondary N) is 1. The van der Waals surface area contributed by atoms with Crippen LogP contribution in [0.3, 0.4) is 0 Å². The van der Waals surface area contributed by atoms with E-state index in [1.165, 1.54) is 16.4 Å². The standard InChI is InChI=1S/C23H28N2O6S/c1-23(2)15-20(19-14-17(29-3)6-9-21(19)31-23)24-22(26)16-4-7-18(8-5-16)32(27,28)25-10-12-30-13-11-25/h4-9,14,20H,10-13,15H2,1-3H3,(H,24,26)/t20-/m1/s1. The van der Waals surface area contributed by atoms with E-state index < -0.39 is 15.6 Å². The molecule has 2 aliphatic rings. The van der Waals surface area contributed by atoms with Crippen molar-refractivity contribution in [1.82, 2.24) is 9.62 Å². The van der Waals surface area contributed by atoms with Crippen LogP contribution in [0.2, 0.25) is 0 Å². The quantitative estimate of drug-likeness (QED) is 0.737. The minimum atomic E-state index is -3.60. The number of hydrogen-bond acceptors (Lipinski definition) is 6. The van der Waals surface area contributed by atoms with Crippen molar-refractivity contribution < 1.29 is 27.4 Å². The molecule has 32 heavy (non-hydrogen) atoms. The Bertz CT molecular complexity index is 1090. The lowest BCUT2D eigenvalue weighted by Crippen LogP contribution is -2.41. The number of carbonyl (C=O) groups is 1. The van der Waals surface area contributed by atoms with Crippen molar-refractivity contribution in [1.29, 1.82) is 0 Å². The number of amides is 1. The molecule has 1 atom stereocenters. The number of benzene rings is 2. The van der Waals surface area contributed by atoms with E-state index in [1.54, 1.807) is 19.2 Å². The molecule has 1 fully saturated rings. The highest BCUT2D eigenvalue weighted by molar-refractivity contribution is 7.89. The monoisotopic (exact) mass is 460 g/mol. The molecule has 9 heteroatoms. The highest BCUT2D eigenvalue weighted by Crippen LogP contribution is 2.41. The maximum Gasteiger partial charge on any atom is 0.251 e. The van der Waals surface area contributed by atoms with Crippen molar-refractivity contribution in [2.45, 2.75) is 36.8 Å². The minimum absolute atomic E-state index is 0.165. The number of hydrogen-bond donors (Lipinski definition) is 1. The maximum absolute atomic E-state index is 13.0. The Morgan fingerprint density at radius 1 is 1.12 bits per heavy atom. The third-order valence-corrected chi connectivity index (χ3v) is 7.62. The zero-order valence-corrected chi connectivity index (χ0v) is 19.3. The Morgan fingerprint density at radius 3 is 2.47 bits per heavy atom. The van der Waals surface area contributed by atoms with Crippen LogP contribution < -0.4 is 14.8 Å². The molecule has 2 aromatic rings. The SMILES string of the molecule is COc1ccc2c(c1)[C@H](NC(=O)c1ccc(S(=O)(=O)N3CCOCC3)cc1)CC(C)(C)O2. The fraction of sp³-hybridized carbons (Fsp3) is 0.435. The number of carbonyl (C=O) groups excluding carboxylic acids is 1. The van der Waals surface area contributed by atoms with E-state index in [-0.39, 0.29) is 16.8 Å². The first-order valence-electron chi connectivity index (χ1n) is 10.6. The molecule has 0 saturated carbocycles. The molecule has 1 N–H and O–H groups in total. The van der Waals surface area contributed by atoms with E-state index in [0.29, 0.717) is 49.8 Å². The second kappa shape index (κ2) is 8.73. The van der Waals surface area contributed by atoms with Gasteiger partial charge in [0.1, 0.15) is 17.1 Å². The average Bonchev–Trinajstić information content (AvgIpc) is 2.79.